The second kappa shape index (κ2) is 11.7. The van der Waals surface area contributed by atoms with Gasteiger partial charge in [0, 0.05) is 51.3 Å². The van der Waals surface area contributed by atoms with Crippen LogP contribution in [0.15, 0.2) is 12.4 Å². The van der Waals surface area contributed by atoms with Gasteiger partial charge in [-0.2, -0.15) is 15.2 Å². The zero-order chi connectivity index (χ0) is 28.4. The number of ether oxygens (including phenoxy) is 1. The fraction of sp³-hybridized carbons (Fsp3) is 0.690. The van der Waals surface area contributed by atoms with Crippen LogP contribution in [0.2, 0.25) is 0 Å². The van der Waals surface area contributed by atoms with E-state index in [-0.39, 0.29) is 24.3 Å². The Morgan fingerprint density at radius 1 is 1.15 bits per heavy atom. The molecule has 11 heteroatoms. The number of likely N-dealkylation sites (tertiary alicyclic amines) is 2. The van der Waals surface area contributed by atoms with Crippen molar-refractivity contribution in [2.45, 2.75) is 70.4 Å². The second-order valence-corrected chi connectivity index (χ2v) is 11.9. The number of nitrogens with zero attached hydrogens (tertiary/aromatic N) is 7. The Labute approximate surface area is 235 Å². The van der Waals surface area contributed by atoms with Crippen LogP contribution < -0.4 is 9.64 Å². The van der Waals surface area contributed by atoms with Crippen LogP contribution in [0.25, 0.3) is 0 Å². The van der Waals surface area contributed by atoms with Crippen molar-refractivity contribution in [2.75, 3.05) is 57.8 Å². The second-order valence-electron chi connectivity index (χ2n) is 11.9. The maximum absolute atomic E-state index is 13.7. The Morgan fingerprint density at radius 2 is 1.93 bits per heavy atom. The minimum absolute atomic E-state index is 0.0932. The zero-order valence-corrected chi connectivity index (χ0v) is 23.7. The van der Waals surface area contributed by atoms with Gasteiger partial charge in [-0.05, 0) is 64.0 Å². The van der Waals surface area contributed by atoms with E-state index in [1.807, 2.05) is 4.90 Å². The van der Waals surface area contributed by atoms with E-state index in [2.05, 4.69) is 29.5 Å². The van der Waals surface area contributed by atoms with Crippen molar-refractivity contribution in [3.63, 3.8) is 0 Å². The lowest BCUT2D eigenvalue weighted by Crippen LogP contribution is -2.55. The molecular weight excluding hydrogens is 513 g/mol. The molecule has 0 radical (unpaired) electrons. The van der Waals surface area contributed by atoms with Crippen molar-refractivity contribution in [3.05, 3.63) is 23.7 Å². The molecule has 1 aromatic rings. The lowest BCUT2D eigenvalue weighted by molar-refractivity contribution is -0.132. The average Bonchev–Trinajstić information content (AvgIpc) is 3.35. The minimum atomic E-state index is -1.01. The molecule has 0 aromatic carbocycles. The first-order valence-corrected chi connectivity index (χ1v) is 14.5. The maximum atomic E-state index is 13.7. The van der Waals surface area contributed by atoms with E-state index in [0.717, 1.165) is 81.7 Å². The Balaban J connectivity index is 1.42. The number of carbonyl (C=O) groups is 2. The number of carbonyl (C=O) groups excluding carboxylic acids is 2. The highest BCUT2D eigenvalue weighted by Gasteiger charge is 2.41. The van der Waals surface area contributed by atoms with Crippen molar-refractivity contribution in [1.82, 2.24) is 24.7 Å². The van der Waals surface area contributed by atoms with Gasteiger partial charge in [0.2, 0.25) is 5.91 Å². The fourth-order valence-electron chi connectivity index (χ4n) is 6.89. The van der Waals surface area contributed by atoms with Crippen molar-refractivity contribution < 1.29 is 18.7 Å². The number of halogens is 1. The van der Waals surface area contributed by atoms with E-state index in [0.29, 0.717) is 31.7 Å². The van der Waals surface area contributed by atoms with Crippen LogP contribution in [-0.4, -0.2) is 101 Å². The van der Waals surface area contributed by atoms with Crippen LogP contribution >= 0.6 is 0 Å². The van der Waals surface area contributed by atoms with Gasteiger partial charge in [0.05, 0.1) is 24.2 Å². The molecule has 40 heavy (non-hydrogen) atoms. The summed E-state index contributed by atoms with van der Waals surface area (Å²) in [6, 6.07) is 2.37. The van der Waals surface area contributed by atoms with Crippen LogP contribution in [0.4, 0.5) is 10.2 Å². The number of hydrogen-bond donors (Lipinski definition) is 0. The van der Waals surface area contributed by atoms with Gasteiger partial charge in [0.1, 0.15) is 12.4 Å². The molecule has 0 saturated carbocycles. The number of piperidine rings is 1. The van der Waals surface area contributed by atoms with E-state index in [4.69, 9.17) is 14.7 Å². The Kier molecular flexibility index (Phi) is 8.26. The molecule has 3 fully saturated rings. The smallest absolute Gasteiger partial charge is 0.318 e. The quantitative estimate of drug-likeness (QED) is 0.495. The van der Waals surface area contributed by atoms with Gasteiger partial charge in [-0.15, -0.1) is 0 Å². The number of rotatable bonds is 6. The number of hydrogen-bond acceptors (Lipinski definition) is 8. The molecular formula is C29H40FN7O3. The molecule has 4 aliphatic rings. The lowest BCUT2D eigenvalue weighted by atomic mass is 9.67. The first-order valence-electron chi connectivity index (χ1n) is 14.5. The Hall–Kier alpha value is -3.26. The third kappa shape index (κ3) is 5.78. The van der Waals surface area contributed by atoms with Crippen LogP contribution in [0.5, 0.6) is 6.01 Å². The molecule has 1 spiro atoms. The molecule has 10 nitrogen and oxygen atoms in total. The predicted molar refractivity (Wildman–Crippen MR) is 147 cm³/mol. The summed E-state index contributed by atoms with van der Waals surface area (Å²) in [4.78, 5) is 42.0. The zero-order valence-electron chi connectivity index (χ0n) is 23.7. The van der Waals surface area contributed by atoms with Crippen LogP contribution in [0.3, 0.4) is 0 Å². The molecule has 1 aromatic heterocycles. The normalized spacial score (nSPS) is 24.5. The number of piperazine rings is 1. The molecule has 0 bridgehead atoms. The molecule has 5 rings (SSSR count). The summed E-state index contributed by atoms with van der Waals surface area (Å²) >= 11 is 0. The number of aromatic nitrogens is 2. The van der Waals surface area contributed by atoms with Crippen LogP contribution in [-0.2, 0) is 22.4 Å². The summed E-state index contributed by atoms with van der Waals surface area (Å²) in [5, 5.41) is 9.44. The fourth-order valence-corrected chi connectivity index (χ4v) is 6.89. The molecule has 4 heterocycles. The van der Waals surface area contributed by atoms with Crippen molar-refractivity contribution >= 4 is 17.6 Å². The van der Waals surface area contributed by atoms with Gasteiger partial charge in [-0.25, -0.2) is 4.39 Å². The van der Waals surface area contributed by atoms with Crippen molar-refractivity contribution in [3.8, 4) is 12.1 Å². The summed E-state index contributed by atoms with van der Waals surface area (Å²) in [7, 11) is 2.11. The highest BCUT2D eigenvalue weighted by Crippen LogP contribution is 2.45. The van der Waals surface area contributed by atoms with Gasteiger partial charge >= 0.3 is 6.01 Å². The SMILES string of the molecule is C=C(F)C(=O)N1CCN(c2nc(OCC3CCCN3C)nc3c2CCC2(CCN(C(C)=O)CC2)C3)CC1CC#N. The predicted octanol–water partition coefficient (Wildman–Crippen LogP) is 2.48. The Morgan fingerprint density at radius 3 is 2.58 bits per heavy atom. The van der Waals surface area contributed by atoms with Gasteiger partial charge in [-0.3, -0.25) is 9.59 Å². The number of nitriles is 1. The van der Waals surface area contributed by atoms with Crippen molar-refractivity contribution in [1.29, 1.82) is 5.26 Å². The monoisotopic (exact) mass is 553 g/mol. The topological polar surface area (TPSA) is 106 Å². The van der Waals surface area contributed by atoms with Crippen LogP contribution in [0.1, 0.15) is 56.7 Å². The lowest BCUT2D eigenvalue weighted by Gasteiger charge is -2.45. The average molecular weight is 554 g/mol. The molecule has 0 N–H and O–H groups in total. The largest absolute Gasteiger partial charge is 0.462 e. The van der Waals surface area contributed by atoms with Gasteiger partial charge in [-0.1, -0.05) is 6.58 Å². The van der Waals surface area contributed by atoms with E-state index in [1.54, 1.807) is 6.92 Å². The summed E-state index contributed by atoms with van der Waals surface area (Å²) < 4.78 is 20.0. The third-order valence-corrected chi connectivity index (χ3v) is 9.45. The number of amides is 2. The summed E-state index contributed by atoms with van der Waals surface area (Å²) in [6.07, 6.45) is 6.85. The van der Waals surface area contributed by atoms with Crippen molar-refractivity contribution in [2.24, 2.45) is 5.41 Å². The van der Waals surface area contributed by atoms with Gasteiger partial charge in [0.25, 0.3) is 5.91 Å². The first kappa shape index (κ1) is 28.3. The van der Waals surface area contributed by atoms with Gasteiger partial charge in [0.15, 0.2) is 5.83 Å². The number of likely N-dealkylation sites (N-methyl/N-ethyl adjacent to an activating group) is 1. The number of anilines is 1. The molecule has 216 valence electrons. The molecule has 2 amide bonds. The summed E-state index contributed by atoms with van der Waals surface area (Å²) in [5.41, 5.74) is 2.19. The van der Waals surface area contributed by atoms with E-state index >= 15 is 0 Å². The summed E-state index contributed by atoms with van der Waals surface area (Å²) in [5.74, 6) is -0.841. The highest BCUT2D eigenvalue weighted by atomic mass is 19.1. The molecule has 3 saturated heterocycles. The molecule has 2 atom stereocenters. The van der Waals surface area contributed by atoms with Gasteiger partial charge < -0.3 is 24.3 Å². The number of fused-ring (bicyclic) bond motifs is 1. The first-order chi connectivity index (χ1) is 19.2. The third-order valence-electron chi connectivity index (χ3n) is 9.45. The molecule has 2 unspecified atom stereocenters. The standard InChI is InChI=1S/C29H40FN7O3/c1-20(30)27(39)37-16-15-36(18-22(37)7-11-31)26-24-6-8-29(9-13-35(14-10-29)21(2)38)17-25(24)32-28(33-26)40-19-23-5-4-12-34(23)3/h22-23H,1,4-10,12-19H2,2-3H3. The molecule has 3 aliphatic heterocycles. The Bertz CT molecular complexity index is 1190. The minimum Gasteiger partial charge on any atom is -0.462 e. The van der Waals surface area contributed by atoms with E-state index in [1.165, 1.54) is 4.90 Å². The highest BCUT2D eigenvalue weighted by molar-refractivity contribution is 5.91. The summed E-state index contributed by atoms with van der Waals surface area (Å²) in [6.45, 7) is 9.03. The van der Waals surface area contributed by atoms with Crippen LogP contribution in [0, 0.1) is 16.7 Å². The molecule has 1 aliphatic carbocycles. The van der Waals surface area contributed by atoms with E-state index in [9.17, 15) is 19.2 Å². The maximum Gasteiger partial charge on any atom is 0.318 e. The van der Waals surface area contributed by atoms with E-state index < -0.39 is 17.8 Å².